The normalized spacial score (nSPS) is 20.5. The molecule has 1 amide bonds. The molecule has 0 radical (unpaired) electrons. The average Bonchev–Trinajstić information content (AvgIpc) is 3.22. The number of Topliss-reactive ketones (excluding diaryl/α,β-unsaturated/α-hetero) is 2. The molecule has 0 aliphatic carbocycles. The van der Waals surface area contributed by atoms with Gasteiger partial charge in [-0.3, -0.25) is 14.4 Å². The molecule has 2 aromatic rings. The molecule has 0 saturated carbocycles. The molecule has 1 N–H and O–H groups in total. The van der Waals surface area contributed by atoms with E-state index in [2.05, 4.69) is 0 Å². The number of likely N-dealkylation sites (N-methyl/N-ethyl adjacent to an activating group) is 1. The summed E-state index contributed by atoms with van der Waals surface area (Å²) in [4.78, 5) is 41.5. The van der Waals surface area contributed by atoms with Crippen LogP contribution in [0.15, 0.2) is 47.8 Å². The van der Waals surface area contributed by atoms with Gasteiger partial charge in [0.2, 0.25) is 5.78 Å². The Morgan fingerprint density at radius 3 is 2.44 bits per heavy atom. The van der Waals surface area contributed by atoms with Crippen LogP contribution in [0.25, 0.3) is 0 Å². The fourth-order valence-electron chi connectivity index (χ4n) is 3.17. The van der Waals surface area contributed by atoms with Crippen LogP contribution in [0.2, 0.25) is 0 Å². The van der Waals surface area contributed by atoms with Crippen LogP contribution < -0.4 is 4.90 Å². The van der Waals surface area contributed by atoms with Gasteiger partial charge in [-0.2, -0.15) is 0 Å². The molecule has 0 spiro atoms. The Bertz CT molecular complexity index is 771. The molecule has 1 saturated heterocycles. The number of rotatable bonds is 6. The first-order chi connectivity index (χ1) is 12.0. The van der Waals surface area contributed by atoms with Gasteiger partial charge < -0.3 is 9.80 Å². The minimum atomic E-state index is -0.967. The largest absolute Gasteiger partial charge is 0.338 e. The highest BCUT2D eigenvalue weighted by Gasteiger charge is 2.51. The summed E-state index contributed by atoms with van der Waals surface area (Å²) in [5.41, 5.74) is 0.824. The van der Waals surface area contributed by atoms with Crippen molar-refractivity contribution in [3.8, 4) is 0 Å². The molecule has 25 heavy (non-hydrogen) atoms. The van der Waals surface area contributed by atoms with E-state index in [1.165, 1.54) is 16.2 Å². The Hall–Kier alpha value is -2.31. The SMILES string of the molecule is C[NH+](C)CCN1C(=O)C(=O)C(C(=O)c2cccs2)C1c1ccccc1. The van der Waals surface area contributed by atoms with Gasteiger partial charge in [0.15, 0.2) is 5.78 Å². The summed E-state index contributed by atoms with van der Waals surface area (Å²) in [6, 6.07) is 12.3. The zero-order valence-corrected chi connectivity index (χ0v) is 15.1. The first kappa shape index (κ1) is 17.5. The third-order valence-electron chi connectivity index (χ3n) is 4.45. The van der Waals surface area contributed by atoms with E-state index in [1.54, 1.807) is 22.4 Å². The second-order valence-corrected chi connectivity index (χ2v) is 7.44. The number of carbonyl (C=O) groups excluding carboxylic acids is 3. The molecule has 6 heteroatoms. The standard InChI is InChI=1S/C19H20N2O3S/c1-20(2)10-11-21-16(13-7-4-3-5-8-13)15(18(23)19(21)24)17(22)14-9-6-12-25-14/h3-9,12,15-16H,10-11H2,1-2H3/p+1. The van der Waals surface area contributed by atoms with Gasteiger partial charge >= 0.3 is 0 Å². The van der Waals surface area contributed by atoms with E-state index in [0.717, 1.165) is 5.56 Å². The highest BCUT2D eigenvalue weighted by Crippen LogP contribution is 2.38. The lowest BCUT2D eigenvalue weighted by Gasteiger charge is -2.27. The highest BCUT2D eigenvalue weighted by molar-refractivity contribution is 7.12. The third kappa shape index (κ3) is 3.41. The predicted octanol–water partition coefficient (Wildman–Crippen LogP) is 0.844. The van der Waals surface area contributed by atoms with Crippen LogP contribution in [0.1, 0.15) is 21.3 Å². The number of benzene rings is 1. The number of nitrogens with one attached hydrogen (secondary N) is 1. The number of hydrogen-bond donors (Lipinski definition) is 1. The van der Waals surface area contributed by atoms with Crippen molar-refractivity contribution in [2.24, 2.45) is 5.92 Å². The van der Waals surface area contributed by atoms with E-state index in [4.69, 9.17) is 0 Å². The number of nitrogens with zero attached hydrogens (tertiary/aromatic N) is 1. The lowest BCUT2D eigenvalue weighted by Crippen LogP contribution is -3.06. The fraction of sp³-hybridized carbons (Fsp3) is 0.316. The smallest absolute Gasteiger partial charge is 0.291 e. The number of thiophene rings is 1. The molecule has 0 bridgehead atoms. The van der Waals surface area contributed by atoms with Crippen molar-refractivity contribution >= 4 is 28.8 Å². The highest BCUT2D eigenvalue weighted by atomic mass is 32.1. The van der Waals surface area contributed by atoms with Crippen LogP contribution >= 0.6 is 11.3 Å². The van der Waals surface area contributed by atoms with Crippen molar-refractivity contribution in [2.75, 3.05) is 27.2 Å². The van der Waals surface area contributed by atoms with Crippen LogP contribution in [0.3, 0.4) is 0 Å². The van der Waals surface area contributed by atoms with Gasteiger partial charge in [0, 0.05) is 0 Å². The first-order valence-corrected chi connectivity index (χ1v) is 9.15. The Morgan fingerprint density at radius 1 is 1.12 bits per heavy atom. The lowest BCUT2D eigenvalue weighted by atomic mass is 9.88. The van der Waals surface area contributed by atoms with E-state index < -0.39 is 23.7 Å². The zero-order chi connectivity index (χ0) is 18.0. The first-order valence-electron chi connectivity index (χ1n) is 8.27. The Kier molecular flexibility index (Phi) is 5.11. The molecular weight excluding hydrogens is 336 g/mol. The minimum Gasteiger partial charge on any atom is -0.338 e. The fourth-order valence-corrected chi connectivity index (χ4v) is 3.87. The molecule has 2 atom stereocenters. The second kappa shape index (κ2) is 7.29. The van der Waals surface area contributed by atoms with E-state index in [9.17, 15) is 14.4 Å². The molecule has 3 rings (SSSR count). The van der Waals surface area contributed by atoms with Gasteiger partial charge in [0.05, 0.1) is 38.1 Å². The summed E-state index contributed by atoms with van der Waals surface area (Å²) >= 11 is 1.30. The zero-order valence-electron chi connectivity index (χ0n) is 14.3. The molecule has 130 valence electrons. The molecule has 1 fully saturated rings. The lowest BCUT2D eigenvalue weighted by molar-refractivity contribution is -0.857. The van der Waals surface area contributed by atoms with Crippen LogP contribution in [0, 0.1) is 5.92 Å². The Balaban J connectivity index is 2.01. The van der Waals surface area contributed by atoms with Crippen LogP contribution in [0.5, 0.6) is 0 Å². The summed E-state index contributed by atoms with van der Waals surface area (Å²) in [6.07, 6.45) is 0. The van der Waals surface area contributed by atoms with Gasteiger partial charge in [-0.25, -0.2) is 0 Å². The number of quaternary nitrogens is 1. The summed E-state index contributed by atoms with van der Waals surface area (Å²) in [7, 11) is 3.99. The van der Waals surface area contributed by atoms with Crippen LogP contribution in [0.4, 0.5) is 0 Å². The van der Waals surface area contributed by atoms with Crippen molar-refractivity contribution in [3.63, 3.8) is 0 Å². The van der Waals surface area contributed by atoms with E-state index in [0.29, 0.717) is 18.0 Å². The van der Waals surface area contributed by atoms with Crippen molar-refractivity contribution < 1.29 is 19.3 Å². The minimum absolute atomic E-state index is 0.262. The Labute approximate surface area is 150 Å². The van der Waals surface area contributed by atoms with Crippen molar-refractivity contribution in [1.29, 1.82) is 0 Å². The molecule has 2 heterocycles. The molecular formula is C19H21N2O3S+. The third-order valence-corrected chi connectivity index (χ3v) is 5.33. The van der Waals surface area contributed by atoms with Gasteiger partial charge in [0.1, 0.15) is 5.92 Å². The second-order valence-electron chi connectivity index (χ2n) is 6.49. The van der Waals surface area contributed by atoms with Crippen molar-refractivity contribution in [2.45, 2.75) is 6.04 Å². The van der Waals surface area contributed by atoms with Crippen molar-refractivity contribution in [3.05, 3.63) is 58.3 Å². The summed E-state index contributed by atoms with van der Waals surface area (Å²) < 4.78 is 0. The monoisotopic (exact) mass is 357 g/mol. The average molecular weight is 357 g/mol. The maximum Gasteiger partial charge on any atom is 0.291 e. The molecule has 1 aliphatic heterocycles. The van der Waals surface area contributed by atoms with Gasteiger partial charge in [0.25, 0.3) is 5.91 Å². The summed E-state index contributed by atoms with van der Waals surface area (Å²) in [6.45, 7) is 1.16. The molecule has 5 nitrogen and oxygen atoms in total. The van der Waals surface area contributed by atoms with Gasteiger partial charge in [-0.05, 0) is 17.0 Å². The quantitative estimate of drug-likeness (QED) is 0.474. The van der Waals surface area contributed by atoms with Crippen LogP contribution in [-0.4, -0.2) is 49.6 Å². The maximum absolute atomic E-state index is 12.9. The number of likely N-dealkylation sites (tertiary alicyclic amines) is 1. The number of amides is 1. The predicted molar refractivity (Wildman–Crippen MR) is 95.7 cm³/mol. The van der Waals surface area contributed by atoms with E-state index in [-0.39, 0.29) is 5.78 Å². The summed E-state index contributed by atoms with van der Waals surface area (Å²) in [5.74, 6) is -2.38. The molecule has 1 aromatic heterocycles. The topological polar surface area (TPSA) is 58.9 Å². The molecule has 1 aliphatic rings. The van der Waals surface area contributed by atoms with E-state index >= 15 is 0 Å². The van der Waals surface area contributed by atoms with E-state index in [1.807, 2.05) is 44.4 Å². The van der Waals surface area contributed by atoms with Crippen LogP contribution in [-0.2, 0) is 9.59 Å². The number of ketones is 2. The van der Waals surface area contributed by atoms with Gasteiger partial charge in [-0.1, -0.05) is 36.4 Å². The molecule has 2 unspecified atom stereocenters. The Morgan fingerprint density at radius 2 is 1.84 bits per heavy atom. The maximum atomic E-state index is 12.9. The summed E-state index contributed by atoms with van der Waals surface area (Å²) in [5, 5.41) is 1.80. The van der Waals surface area contributed by atoms with Gasteiger partial charge in [-0.15, -0.1) is 11.3 Å². The number of carbonyl (C=O) groups is 3. The molecule has 1 aromatic carbocycles. The van der Waals surface area contributed by atoms with Crippen molar-refractivity contribution in [1.82, 2.24) is 4.90 Å². The number of hydrogen-bond acceptors (Lipinski definition) is 4.